The zero-order valence-corrected chi connectivity index (χ0v) is 9.20. The van der Waals surface area contributed by atoms with Gasteiger partial charge in [-0.3, -0.25) is 4.68 Å². The lowest BCUT2D eigenvalue weighted by Crippen LogP contribution is -2.02. The van der Waals surface area contributed by atoms with Crippen molar-refractivity contribution in [2.75, 3.05) is 0 Å². The second kappa shape index (κ2) is 3.12. The molecule has 74 valence electrons. The number of nitrogens with zero attached hydrogens (tertiary/aromatic N) is 2. The highest BCUT2D eigenvalue weighted by Crippen LogP contribution is 2.22. The number of benzene rings is 1. The molecule has 1 heterocycles. The molecule has 0 aliphatic rings. The summed E-state index contributed by atoms with van der Waals surface area (Å²) in [6.07, 6.45) is 0. The van der Waals surface area contributed by atoms with Crippen LogP contribution in [0.15, 0.2) is 18.2 Å². The van der Waals surface area contributed by atoms with E-state index in [2.05, 4.69) is 55.7 Å². The average molecular weight is 188 g/mol. The zero-order chi connectivity index (χ0) is 10.3. The van der Waals surface area contributed by atoms with E-state index in [-0.39, 0.29) is 0 Å². The molecule has 0 radical (unpaired) electrons. The highest BCUT2D eigenvalue weighted by molar-refractivity contribution is 5.82. The maximum absolute atomic E-state index is 4.55. The minimum absolute atomic E-state index is 0.424. The number of fused-ring (bicyclic) bond motifs is 1. The van der Waals surface area contributed by atoms with E-state index in [4.69, 9.17) is 0 Å². The molecule has 14 heavy (non-hydrogen) atoms. The van der Waals surface area contributed by atoms with Crippen LogP contribution in [0.2, 0.25) is 0 Å². The lowest BCUT2D eigenvalue weighted by Gasteiger charge is -2.06. The van der Waals surface area contributed by atoms with E-state index in [1.807, 2.05) is 0 Å². The quantitative estimate of drug-likeness (QED) is 0.671. The fourth-order valence-electron chi connectivity index (χ4n) is 1.80. The number of hydrogen-bond donors (Lipinski definition) is 0. The third kappa shape index (κ3) is 1.31. The Balaban J connectivity index is 2.79. The van der Waals surface area contributed by atoms with Gasteiger partial charge >= 0.3 is 0 Å². The van der Waals surface area contributed by atoms with Crippen LogP contribution in [0.25, 0.3) is 10.9 Å². The molecular formula is C12H16N2. The minimum Gasteiger partial charge on any atom is -0.262 e. The highest BCUT2D eigenvalue weighted by atomic mass is 15.3. The highest BCUT2D eigenvalue weighted by Gasteiger charge is 2.08. The fraction of sp³-hybridized carbons (Fsp3) is 0.417. The Labute approximate surface area is 84.5 Å². The molecular weight excluding hydrogens is 172 g/mol. The van der Waals surface area contributed by atoms with Crippen molar-refractivity contribution in [3.05, 3.63) is 29.5 Å². The average Bonchev–Trinajstić information content (AvgIpc) is 2.43. The lowest BCUT2D eigenvalue weighted by molar-refractivity contribution is 0.547. The van der Waals surface area contributed by atoms with E-state index in [1.165, 1.54) is 16.5 Å². The fourth-order valence-corrected chi connectivity index (χ4v) is 1.80. The molecule has 2 aromatic rings. The summed E-state index contributed by atoms with van der Waals surface area (Å²) in [5, 5.41) is 5.81. The predicted octanol–water partition coefficient (Wildman–Crippen LogP) is 3.23. The van der Waals surface area contributed by atoms with Gasteiger partial charge in [-0.15, -0.1) is 0 Å². The molecule has 0 N–H and O–H groups in total. The van der Waals surface area contributed by atoms with Crippen LogP contribution in [0, 0.1) is 13.8 Å². The molecule has 0 atom stereocenters. The van der Waals surface area contributed by atoms with E-state index in [1.54, 1.807) is 0 Å². The SMILES string of the molecule is Cc1ccc2c(C)nn(C(C)C)c2c1. The van der Waals surface area contributed by atoms with Gasteiger partial charge in [-0.1, -0.05) is 12.1 Å². The standard InChI is InChI=1S/C12H16N2/c1-8(2)14-12-7-9(3)5-6-11(12)10(4)13-14/h5-8H,1-4H3. The van der Waals surface area contributed by atoms with E-state index < -0.39 is 0 Å². The molecule has 0 saturated carbocycles. The van der Waals surface area contributed by atoms with Crippen LogP contribution in [0.4, 0.5) is 0 Å². The smallest absolute Gasteiger partial charge is 0.0690 e. The first-order valence-electron chi connectivity index (χ1n) is 5.05. The number of hydrogen-bond acceptors (Lipinski definition) is 1. The van der Waals surface area contributed by atoms with Gasteiger partial charge in [0.1, 0.15) is 0 Å². The predicted molar refractivity (Wildman–Crippen MR) is 59.6 cm³/mol. The number of aryl methyl sites for hydroxylation is 2. The first kappa shape index (κ1) is 9.25. The van der Waals surface area contributed by atoms with Gasteiger partial charge in [-0.05, 0) is 39.3 Å². The normalized spacial score (nSPS) is 11.5. The van der Waals surface area contributed by atoms with E-state index in [9.17, 15) is 0 Å². The van der Waals surface area contributed by atoms with Crippen LogP contribution in [-0.4, -0.2) is 9.78 Å². The third-order valence-corrected chi connectivity index (χ3v) is 2.54. The van der Waals surface area contributed by atoms with Gasteiger partial charge in [0, 0.05) is 11.4 Å². The number of aromatic nitrogens is 2. The molecule has 2 nitrogen and oxygen atoms in total. The molecule has 0 bridgehead atoms. The van der Waals surface area contributed by atoms with Gasteiger partial charge in [0.25, 0.3) is 0 Å². The summed E-state index contributed by atoms with van der Waals surface area (Å²) in [7, 11) is 0. The summed E-state index contributed by atoms with van der Waals surface area (Å²) in [5.41, 5.74) is 3.66. The Bertz CT molecular complexity index is 466. The van der Waals surface area contributed by atoms with E-state index >= 15 is 0 Å². The summed E-state index contributed by atoms with van der Waals surface area (Å²) in [5.74, 6) is 0. The van der Waals surface area contributed by atoms with Crippen molar-refractivity contribution >= 4 is 10.9 Å². The molecule has 0 aliphatic carbocycles. The van der Waals surface area contributed by atoms with Crippen molar-refractivity contribution in [3.63, 3.8) is 0 Å². The van der Waals surface area contributed by atoms with Crippen molar-refractivity contribution < 1.29 is 0 Å². The van der Waals surface area contributed by atoms with Gasteiger partial charge in [-0.25, -0.2) is 0 Å². The summed E-state index contributed by atoms with van der Waals surface area (Å²) in [6, 6.07) is 6.93. The van der Waals surface area contributed by atoms with Crippen molar-refractivity contribution in [2.24, 2.45) is 0 Å². The molecule has 2 rings (SSSR count). The largest absolute Gasteiger partial charge is 0.262 e. The van der Waals surface area contributed by atoms with Crippen LogP contribution in [0.3, 0.4) is 0 Å². The first-order chi connectivity index (χ1) is 6.59. The van der Waals surface area contributed by atoms with Gasteiger partial charge in [0.05, 0.1) is 11.2 Å². The van der Waals surface area contributed by atoms with Crippen LogP contribution in [-0.2, 0) is 0 Å². The van der Waals surface area contributed by atoms with Crippen LogP contribution < -0.4 is 0 Å². The Morgan fingerprint density at radius 2 is 1.93 bits per heavy atom. The third-order valence-electron chi connectivity index (χ3n) is 2.54. The van der Waals surface area contributed by atoms with Gasteiger partial charge in [0.2, 0.25) is 0 Å². The van der Waals surface area contributed by atoms with Gasteiger partial charge in [0.15, 0.2) is 0 Å². The van der Waals surface area contributed by atoms with Crippen molar-refractivity contribution in [3.8, 4) is 0 Å². The molecule has 0 fully saturated rings. The Hall–Kier alpha value is -1.31. The second-order valence-electron chi connectivity index (χ2n) is 4.14. The second-order valence-corrected chi connectivity index (χ2v) is 4.14. The topological polar surface area (TPSA) is 17.8 Å². The van der Waals surface area contributed by atoms with Crippen molar-refractivity contribution in [2.45, 2.75) is 33.7 Å². The van der Waals surface area contributed by atoms with E-state index in [0.29, 0.717) is 6.04 Å². The van der Waals surface area contributed by atoms with Crippen LogP contribution in [0.5, 0.6) is 0 Å². The van der Waals surface area contributed by atoms with Gasteiger partial charge in [-0.2, -0.15) is 5.10 Å². The molecule has 0 amide bonds. The summed E-state index contributed by atoms with van der Waals surface area (Å²) in [4.78, 5) is 0. The molecule has 0 saturated heterocycles. The first-order valence-corrected chi connectivity index (χ1v) is 5.05. The molecule has 0 spiro atoms. The molecule has 0 unspecified atom stereocenters. The van der Waals surface area contributed by atoms with Crippen LogP contribution in [0.1, 0.15) is 31.1 Å². The maximum Gasteiger partial charge on any atom is 0.0690 e. The molecule has 2 heteroatoms. The van der Waals surface area contributed by atoms with E-state index in [0.717, 1.165) is 5.69 Å². The van der Waals surface area contributed by atoms with Crippen LogP contribution >= 0.6 is 0 Å². The van der Waals surface area contributed by atoms with Crippen molar-refractivity contribution in [1.82, 2.24) is 9.78 Å². The maximum atomic E-state index is 4.55. The monoisotopic (exact) mass is 188 g/mol. The Kier molecular flexibility index (Phi) is 2.06. The molecule has 1 aromatic heterocycles. The summed E-state index contributed by atoms with van der Waals surface area (Å²) < 4.78 is 2.09. The summed E-state index contributed by atoms with van der Waals surface area (Å²) in [6.45, 7) is 8.51. The Morgan fingerprint density at radius 3 is 2.57 bits per heavy atom. The summed E-state index contributed by atoms with van der Waals surface area (Å²) >= 11 is 0. The molecule has 0 aliphatic heterocycles. The number of rotatable bonds is 1. The van der Waals surface area contributed by atoms with Gasteiger partial charge < -0.3 is 0 Å². The van der Waals surface area contributed by atoms with Crippen molar-refractivity contribution in [1.29, 1.82) is 0 Å². The lowest BCUT2D eigenvalue weighted by atomic mass is 10.1. The Morgan fingerprint density at radius 1 is 1.21 bits per heavy atom. The zero-order valence-electron chi connectivity index (χ0n) is 9.20. The molecule has 1 aromatic carbocycles. The minimum atomic E-state index is 0.424.